The number of hydrogen-bond donors (Lipinski definition) is 2. The molecule has 0 fully saturated rings. The van der Waals surface area contributed by atoms with Crippen molar-refractivity contribution in [2.45, 2.75) is 33.5 Å². The molecule has 0 bridgehead atoms. The molecule has 0 aliphatic carbocycles. The Morgan fingerprint density at radius 1 is 1.08 bits per heavy atom. The number of nitrogens with two attached hydrogens (primary N) is 1. The first-order chi connectivity index (χ1) is 17.4. The molecular formula is C25H23F3N6O3. The first-order valence-electron chi connectivity index (χ1n) is 11.0. The number of benzene rings is 1. The standard InChI is InChI=1S/C13H17N3.C12H6F3N3O3/c1-9-4-6-12(7-5-9)8-16-11(3)13(14)10(2)15-16;13-12(14,15)9-4-6(8-2-1-3-21-8)16-10-5-7(11(19)20)17-18(9)10/h4-7H,8,14H2,1-3H3;1-5H,(H,19,20). The van der Waals surface area contributed by atoms with E-state index >= 15 is 0 Å². The van der Waals surface area contributed by atoms with Crippen molar-refractivity contribution in [1.29, 1.82) is 0 Å². The second-order valence-electron chi connectivity index (χ2n) is 8.33. The fraction of sp³-hybridized carbons (Fsp3) is 0.200. The second kappa shape index (κ2) is 9.80. The third kappa shape index (κ3) is 5.47. The zero-order chi connectivity index (χ0) is 26.9. The third-order valence-corrected chi connectivity index (χ3v) is 5.60. The second-order valence-corrected chi connectivity index (χ2v) is 8.33. The number of hydrogen-bond acceptors (Lipinski definition) is 6. The van der Waals surface area contributed by atoms with Gasteiger partial charge in [0, 0.05) is 6.07 Å². The van der Waals surface area contributed by atoms with Crippen molar-refractivity contribution in [2.75, 3.05) is 5.73 Å². The van der Waals surface area contributed by atoms with E-state index in [4.69, 9.17) is 15.3 Å². The zero-order valence-corrected chi connectivity index (χ0v) is 20.1. The van der Waals surface area contributed by atoms with Crippen molar-refractivity contribution in [3.63, 3.8) is 0 Å². The number of anilines is 1. The number of nitrogens with zero attached hydrogens (tertiary/aromatic N) is 5. The van der Waals surface area contributed by atoms with Crippen molar-refractivity contribution in [3.8, 4) is 11.5 Å². The predicted octanol–water partition coefficient (Wildman–Crippen LogP) is 5.15. The maximum Gasteiger partial charge on any atom is 0.433 e. The summed E-state index contributed by atoms with van der Waals surface area (Å²) >= 11 is 0. The monoisotopic (exact) mass is 512 g/mol. The molecule has 192 valence electrons. The number of rotatable bonds is 4. The summed E-state index contributed by atoms with van der Waals surface area (Å²) in [5, 5.41) is 16.7. The van der Waals surface area contributed by atoms with E-state index in [1.807, 2.05) is 18.5 Å². The minimum atomic E-state index is -4.72. The number of carbonyl (C=O) groups is 1. The van der Waals surface area contributed by atoms with Crippen LogP contribution in [0.25, 0.3) is 17.1 Å². The molecule has 0 aliphatic heterocycles. The van der Waals surface area contributed by atoms with E-state index in [0.29, 0.717) is 4.52 Å². The molecule has 0 unspecified atom stereocenters. The highest BCUT2D eigenvalue weighted by atomic mass is 19.4. The summed E-state index contributed by atoms with van der Waals surface area (Å²) in [5.74, 6) is -1.30. The number of alkyl halides is 3. The van der Waals surface area contributed by atoms with E-state index in [1.165, 1.54) is 29.5 Å². The molecule has 5 rings (SSSR count). The minimum absolute atomic E-state index is 0.0586. The number of aromatic carboxylic acids is 1. The summed E-state index contributed by atoms with van der Waals surface area (Å²) in [6.45, 7) is 6.81. The van der Waals surface area contributed by atoms with E-state index in [9.17, 15) is 18.0 Å². The number of aryl methyl sites for hydroxylation is 2. The van der Waals surface area contributed by atoms with Gasteiger partial charge in [0.25, 0.3) is 0 Å². The summed E-state index contributed by atoms with van der Waals surface area (Å²) in [6, 6.07) is 13.2. The molecule has 0 aliphatic rings. The molecule has 0 spiro atoms. The Bertz CT molecular complexity index is 1550. The average molecular weight is 512 g/mol. The summed E-state index contributed by atoms with van der Waals surface area (Å²) in [5.41, 5.74) is 9.22. The molecule has 37 heavy (non-hydrogen) atoms. The zero-order valence-electron chi connectivity index (χ0n) is 20.1. The Morgan fingerprint density at radius 2 is 1.78 bits per heavy atom. The fourth-order valence-corrected chi connectivity index (χ4v) is 3.56. The molecule has 4 aromatic heterocycles. The van der Waals surface area contributed by atoms with E-state index in [-0.39, 0.29) is 17.1 Å². The smallest absolute Gasteiger partial charge is 0.433 e. The van der Waals surface area contributed by atoms with Crippen molar-refractivity contribution in [3.05, 3.63) is 88.7 Å². The van der Waals surface area contributed by atoms with Gasteiger partial charge in [-0.05, 0) is 44.5 Å². The van der Waals surface area contributed by atoms with Crippen LogP contribution >= 0.6 is 0 Å². The molecule has 9 nitrogen and oxygen atoms in total. The van der Waals surface area contributed by atoms with Gasteiger partial charge in [-0.2, -0.15) is 23.4 Å². The Morgan fingerprint density at radius 3 is 2.32 bits per heavy atom. The van der Waals surface area contributed by atoms with Crippen LogP contribution in [0.2, 0.25) is 0 Å². The largest absolute Gasteiger partial charge is 0.476 e. The Hall–Kier alpha value is -4.61. The summed E-state index contributed by atoms with van der Waals surface area (Å²) < 4.78 is 46.7. The van der Waals surface area contributed by atoms with Crippen molar-refractivity contribution >= 4 is 17.3 Å². The van der Waals surface area contributed by atoms with Crippen LogP contribution in [0, 0.1) is 20.8 Å². The van der Waals surface area contributed by atoms with Gasteiger partial charge in [-0.3, -0.25) is 4.68 Å². The molecule has 3 N–H and O–H groups in total. The highest BCUT2D eigenvalue weighted by Gasteiger charge is 2.36. The van der Waals surface area contributed by atoms with Gasteiger partial charge in [0.05, 0.1) is 29.9 Å². The molecule has 1 aromatic carbocycles. The summed E-state index contributed by atoms with van der Waals surface area (Å²) in [7, 11) is 0. The van der Waals surface area contributed by atoms with Crippen LogP contribution in [-0.2, 0) is 12.7 Å². The van der Waals surface area contributed by atoms with E-state index in [1.54, 1.807) is 0 Å². The maximum absolute atomic E-state index is 13.1. The van der Waals surface area contributed by atoms with Crippen LogP contribution in [0.15, 0.2) is 59.2 Å². The van der Waals surface area contributed by atoms with Crippen molar-refractivity contribution in [1.82, 2.24) is 24.4 Å². The van der Waals surface area contributed by atoms with Crippen LogP contribution in [-0.4, -0.2) is 35.5 Å². The highest BCUT2D eigenvalue weighted by molar-refractivity contribution is 5.86. The maximum atomic E-state index is 13.1. The quantitative estimate of drug-likeness (QED) is 0.341. The minimum Gasteiger partial charge on any atom is -0.476 e. The molecule has 4 heterocycles. The van der Waals surface area contributed by atoms with E-state index < -0.39 is 23.5 Å². The number of carboxylic acids is 1. The Balaban J connectivity index is 0.000000180. The molecule has 5 aromatic rings. The van der Waals surface area contributed by atoms with Crippen LogP contribution in [0.4, 0.5) is 18.9 Å². The van der Waals surface area contributed by atoms with Crippen molar-refractivity contribution < 1.29 is 27.5 Å². The molecule has 0 saturated carbocycles. The normalized spacial score (nSPS) is 11.4. The van der Waals surface area contributed by atoms with Crippen LogP contribution in [0.1, 0.15) is 38.7 Å². The van der Waals surface area contributed by atoms with Gasteiger partial charge >= 0.3 is 12.1 Å². The number of furan rings is 1. The number of halogens is 3. The van der Waals surface area contributed by atoms with Crippen LogP contribution < -0.4 is 5.73 Å². The Labute approximate surface area is 209 Å². The van der Waals surface area contributed by atoms with Crippen molar-refractivity contribution in [2.24, 2.45) is 0 Å². The predicted molar refractivity (Wildman–Crippen MR) is 129 cm³/mol. The molecule has 0 atom stereocenters. The first-order valence-corrected chi connectivity index (χ1v) is 11.0. The van der Waals surface area contributed by atoms with Gasteiger partial charge in [-0.15, -0.1) is 0 Å². The van der Waals surface area contributed by atoms with E-state index in [2.05, 4.69) is 46.4 Å². The topological polar surface area (TPSA) is 124 Å². The highest BCUT2D eigenvalue weighted by Crippen LogP contribution is 2.32. The third-order valence-electron chi connectivity index (χ3n) is 5.60. The molecule has 0 amide bonds. The molecule has 12 heteroatoms. The lowest BCUT2D eigenvalue weighted by molar-refractivity contribution is -0.142. The SMILES string of the molecule is Cc1ccc(Cn2nc(C)c(N)c2C)cc1.O=C(O)c1cc2nc(-c3ccco3)cc(C(F)(F)F)n2n1. The van der Waals surface area contributed by atoms with Crippen LogP contribution in [0.5, 0.6) is 0 Å². The number of carboxylic acid groups (broad SMARTS) is 1. The summed E-state index contributed by atoms with van der Waals surface area (Å²) in [6.07, 6.45) is -3.42. The fourth-order valence-electron chi connectivity index (χ4n) is 3.56. The van der Waals surface area contributed by atoms with Gasteiger partial charge < -0.3 is 15.3 Å². The number of fused-ring (bicyclic) bond motifs is 1. The van der Waals surface area contributed by atoms with E-state index in [0.717, 1.165) is 35.8 Å². The molecule has 0 saturated heterocycles. The number of nitrogen functional groups attached to an aromatic ring is 1. The van der Waals surface area contributed by atoms with Gasteiger partial charge in [0.2, 0.25) is 0 Å². The molecular weight excluding hydrogens is 489 g/mol. The molecule has 0 radical (unpaired) electrons. The lowest BCUT2D eigenvalue weighted by Crippen LogP contribution is -2.14. The summed E-state index contributed by atoms with van der Waals surface area (Å²) in [4.78, 5) is 14.8. The van der Waals surface area contributed by atoms with Crippen LogP contribution in [0.3, 0.4) is 0 Å². The average Bonchev–Trinajstić information content (AvgIpc) is 3.57. The van der Waals surface area contributed by atoms with Gasteiger partial charge in [0.1, 0.15) is 5.69 Å². The Kier molecular flexibility index (Phi) is 6.75. The first kappa shape index (κ1) is 25.5. The van der Waals surface area contributed by atoms with Gasteiger partial charge in [-0.25, -0.2) is 14.3 Å². The van der Waals surface area contributed by atoms with Gasteiger partial charge in [0.15, 0.2) is 22.8 Å². The lowest BCUT2D eigenvalue weighted by Gasteiger charge is -2.09. The lowest BCUT2D eigenvalue weighted by atomic mass is 10.1. The van der Waals surface area contributed by atoms with Gasteiger partial charge in [-0.1, -0.05) is 29.8 Å². The number of aromatic nitrogens is 5.